The minimum absolute atomic E-state index is 0.148. The van der Waals surface area contributed by atoms with Crippen molar-refractivity contribution in [2.24, 2.45) is 0 Å². The van der Waals surface area contributed by atoms with Crippen LogP contribution in [0.2, 0.25) is 0 Å². The Hall–Kier alpha value is -3.35. The van der Waals surface area contributed by atoms with Crippen molar-refractivity contribution in [1.29, 1.82) is 0 Å². The Kier molecular flexibility index (Phi) is 25.9. The molecule has 0 amide bonds. The Morgan fingerprint density at radius 3 is 1.61 bits per heavy atom. The summed E-state index contributed by atoms with van der Waals surface area (Å²) in [6, 6.07) is 7.11. The van der Waals surface area contributed by atoms with Crippen molar-refractivity contribution in [2.45, 2.75) is 110 Å². The number of hydrogen-bond donors (Lipinski definition) is 0. The summed E-state index contributed by atoms with van der Waals surface area (Å²) in [5.41, 5.74) is 0.811. The fraction of sp³-hybridized carbons (Fsp3) is 0.559. The van der Waals surface area contributed by atoms with Crippen LogP contribution in [0.5, 0.6) is 5.75 Å². The summed E-state index contributed by atoms with van der Waals surface area (Å²) in [5, 5.41) is 0. The molecule has 1 aromatic rings. The standard InChI is InChI=1S/C20H38O2.C14H14O5/c1-3-5-6-7-8-9-10-11-12-13-14-15-16-17-18-19-20(21)22-4-2;1-3-18-14(16)10-19-13(15)9-6-11-4-7-12(17-2)8-5-11/h4H,2-3,5-19H2,1H3;3-9H,1,10H2,2H3. The first kappa shape index (κ1) is 37.6. The molecule has 7 heteroatoms. The summed E-state index contributed by atoms with van der Waals surface area (Å²) in [7, 11) is 1.57. The van der Waals surface area contributed by atoms with Gasteiger partial charge >= 0.3 is 17.9 Å². The first-order valence-corrected chi connectivity index (χ1v) is 15.1. The summed E-state index contributed by atoms with van der Waals surface area (Å²) in [5.74, 6) is -0.727. The highest BCUT2D eigenvalue weighted by molar-refractivity contribution is 5.88. The molecule has 0 spiro atoms. The SMILES string of the molecule is C=COC(=O)CCCCCCCCCCCCCCCCC.C=COC(=O)COC(=O)C=Cc1ccc(OC)cc1. The predicted molar refractivity (Wildman–Crippen MR) is 165 cm³/mol. The molecule has 230 valence electrons. The zero-order valence-corrected chi connectivity index (χ0v) is 25.4. The predicted octanol–water partition coefficient (Wildman–Crippen LogP) is 8.87. The third-order valence-corrected chi connectivity index (χ3v) is 6.27. The van der Waals surface area contributed by atoms with Gasteiger partial charge in [-0.25, -0.2) is 9.59 Å². The van der Waals surface area contributed by atoms with E-state index >= 15 is 0 Å². The van der Waals surface area contributed by atoms with Crippen molar-refractivity contribution in [3.8, 4) is 5.75 Å². The molecule has 0 bridgehead atoms. The highest BCUT2D eigenvalue weighted by Crippen LogP contribution is 2.14. The average Bonchev–Trinajstić information content (AvgIpc) is 2.98. The molecule has 0 aromatic heterocycles. The first-order valence-electron chi connectivity index (χ1n) is 15.1. The van der Waals surface area contributed by atoms with E-state index in [9.17, 15) is 14.4 Å². The molecule has 0 aliphatic carbocycles. The van der Waals surface area contributed by atoms with Crippen LogP contribution in [-0.4, -0.2) is 31.6 Å². The van der Waals surface area contributed by atoms with Crippen molar-refractivity contribution in [3.63, 3.8) is 0 Å². The molecule has 0 unspecified atom stereocenters. The van der Waals surface area contributed by atoms with Crippen LogP contribution in [0, 0.1) is 0 Å². The maximum atomic E-state index is 11.3. The van der Waals surface area contributed by atoms with E-state index in [-0.39, 0.29) is 5.97 Å². The highest BCUT2D eigenvalue weighted by atomic mass is 16.6. The minimum Gasteiger partial charge on any atom is -0.497 e. The second kappa shape index (κ2) is 28.2. The second-order valence-corrected chi connectivity index (χ2v) is 9.73. The molecule has 1 aromatic carbocycles. The maximum absolute atomic E-state index is 11.3. The van der Waals surface area contributed by atoms with Crippen LogP contribution >= 0.6 is 0 Å². The van der Waals surface area contributed by atoms with E-state index in [0.29, 0.717) is 6.42 Å². The van der Waals surface area contributed by atoms with Crippen LogP contribution in [0.1, 0.15) is 115 Å². The van der Waals surface area contributed by atoms with Crippen molar-refractivity contribution in [3.05, 3.63) is 61.6 Å². The number of methoxy groups -OCH3 is 1. The van der Waals surface area contributed by atoms with Gasteiger partial charge in [-0.2, -0.15) is 0 Å². The molecular weight excluding hydrogens is 520 g/mol. The highest BCUT2D eigenvalue weighted by Gasteiger charge is 2.04. The van der Waals surface area contributed by atoms with Crippen LogP contribution in [-0.2, 0) is 28.6 Å². The largest absolute Gasteiger partial charge is 0.497 e. The molecule has 0 aliphatic heterocycles. The van der Waals surface area contributed by atoms with E-state index < -0.39 is 18.5 Å². The third kappa shape index (κ3) is 25.4. The van der Waals surface area contributed by atoms with Gasteiger partial charge in [-0.05, 0) is 30.2 Å². The summed E-state index contributed by atoms with van der Waals surface area (Å²) in [6.07, 6.45) is 25.7. The molecule has 0 N–H and O–H groups in total. The first-order chi connectivity index (χ1) is 20.0. The minimum atomic E-state index is -0.679. The molecule has 0 heterocycles. The monoisotopic (exact) mass is 572 g/mol. The van der Waals surface area contributed by atoms with Crippen molar-refractivity contribution in [2.75, 3.05) is 13.7 Å². The lowest BCUT2D eigenvalue weighted by atomic mass is 10.0. The zero-order valence-electron chi connectivity index (χ0n) is 25.4. The smallest absolute Gasteiger partial charge is 0.349 e. The van der Waals surface area contributed by atoms with Gasteiger partial charge in [0, 0.05) is 12.5 Å². The van der Waals surface area contributed by atoms with E-state index in [0.717, 1.165) is 30.4 Å². The molecule has 0 fully saturated rings. The molecule has 0 saturated carbocycles. The van der Waals surface area contributed by atoms with Crippen molar-refractivity contribution >= 4 is 24.0 Å². The molecule has 1 rings (SSSR count). The molecule has 0 aliphatic rings. The summed E-state index contributed by atoms with van der Waals surface area (Å²) in [4.78, 5) is 33.2. The van der Waals surface area contributed by atoms with Crippen molar-refractivity contribution in [1.82, 2.24) is 0 Å². The lowest BCUT2D eigenvalue weighted by Crippen LogP contribution is -2.12. The fourth-order valence-electron chi connectivity index (χ4n) is 3.98. The number of carbonyl (C=O) groups excluding carboxylic acids is 3. The number of rotatable bonds is 23. The lowest BCUT2D eigenvalue weighted by Gasteiger charge is -2.03. The number of benzene rings is 1. The number of ether oxygens (including phenoxy) is 4. The zero-order chi connectivity index (χ0) is 30.4. The Bertz CT molecular complexity index is 858. The Balaban J connectivity index is 0.000000788. The van der Waals surface area contributed by atoms with E-state index in [1.807, 2.05) is 0 Å². The van der Waals surface area contributed by atoms with Crippen LogP contribution in [0.4, 0.5) is 0 Å². The molecule has 0 saturated heterocycles. The fourth-order valence-corrected chi connectivity index (χ4v) is 3.98. The van der Waals surface area contributed by atoms with Crippen LogP contribution in [0.15, 0.2) is 56.0 Å². The van der Waals surface area contributed by atoms with Gasteiger partial charge in [-0.1, -0.05) is 122 Å². The van der Waals surface area contributed by atoms with Crippen molar-refractivity contribution < 1.29 is 33.3 Å². The van der Waals surface area contributed by atoms with Crippen LogP contribution in [0.25, 0.3) is 6.08 Å². The lowest BCUT2D eigenvalue weighted by molar-refractivity contribution is -0.152. The Labute approximate surface area is 248 Å². The van der Waals surface area contributed by atoms with Gasteiger partial charge in [0.25, 0.3) is 0 Å². The molecule has 0 atom stereocenters. The topological polar surface area (TPSA) is 88.1 Å². The van der Waals surface area contributed by atoms with E-state index in [1.54, 1.807) is 37.5 Å². The van der Waals surface area contributed by atoms with Gasteiger partial charge < -0.3 is 18.9 Å². The van der Waals surface area contributed by atoms with Gasteiger partial charge in [0.05, 0.1) is 19.6 Å². The van der Waals surface area contributed by atoms with E-state index in [2.05, 4.69) is 34.3 Å². The van der Waals surface area contributed by atoms with Crippen LogP contribution < -0.4 is 4.74 Å². The molecule has 0 radical (unpaired) electrons. The van der Waals surface area contributed by atoms with Gasteiger partial charge in [0.1, 0.15) is 5.75 Å². The Morgan fingerprint density at radius 2 is 1.15 bits per heavy atom. The Morgan fingerprint density at radius 1 is 0.683 bits per heavy atom. The van der Waals surface area contributed by atoms with E-state index in [4.69, 9.17) is 4.74 Å². The normalized spacial score (nSPS) is 10.3. The van der Waals surface area contributed by atoms with Gasteiger partial charge in [0.2, 0.25) is 0 Å². The number of esters is 3. The van der Waals surface area contributed by atoms with Gasteiger partial charge in [-0.15, -0.1) is 0 Å². The third-order valence-electron chi connectivity index (χ3n) is 6.27. The van der Waals surface area contributed by atoms with E-state index in [1.165, 1.54) is 95.8 Å². The molecular formula is C34H52O7. The number of unbranched alkanes of at least 4 members (excludes halogenated alkanes) is 14. The molecule has 41 heavy (non-hydrogen) atoms. The summed E-state index contributed by atoms with van der Waals surface area (Å²) >= 11 is 0. The average molecular weight is 573 g/mol. The molecule has 7 nitrogen and oxygen atoms in total. The second-order valence-electron chi connectivity index (χ2n) is 9.73. The summed E-state index contributed by atoms with van der Waals surface area (Å²) in [6.45, 7) is 8.42. The maximum Gasteiger partial charge on any atom is 0.349 e. The quantitative estimate of drug-likeness (QED) is 0.0425. The summed E-state index contributed by atoms with van der Waals surface area (Å²) < 4.78 is 18.7. The van der Waals surface area contributed by atoms with Gasteiger partial charge in [-0.3, -0.25) is 4.79 Å². The van der Waals surface area contributed by atoms with Crippen LogP contribution in [0.3, 0.4) is 0 Å². The van der Waals surface area contributed by atoms with Gasteiger partial charge in [0.15, 0.2) is 6.61 Å². The number of hydrogen-bond acceptors (Lipinski definition) is 7. The number of carbonyl (C=O) groups is 3.